The number of hydrogen-bond donors (Lipinski definition) is 3. The molecule has 0 saturated carbocycles. The van der Waals surface area contributed by atoms with E-state index in [4.69, 9.17) is 0 Å². The maximum atomic E-state index is 12.5. The van der Waals surface area contributed by atoms with E-state index in [1.54, 1.807) is 11.1 Å². The zero-order valence-corrected chi connectivity index (χ0v) is 16.2. The molecule has 1 aliphatic rings. The molecule has 30 heavy (non-hydrogen) atoms. The summed E-state index contributed by atoms with van der Waals surface area (Å²) in [6.07, 6.45) is 5.31. The Morgan fingerprint density at radius 1 is 1.43 bits per heavy atom. The lowest BCUT2D eigenvalue weighted by Crippen LogP contribution is -2.44. The first-order valence-corrected chi connectivity index (χ1v) is 9.62. The van der Waals surface area contributed by atoms with Gasteiger partial charge < -0.3 is 20.5 Å². The molecule has 3 aromatic heterocycles. The molecule has 158 valence electrons. The average Bonchev–Trinajstić information content (AvgIpc) is 3.36. The van der Waals surface area contributed by atoms with Crippen LogP contribution in [0.2, 0.25) is 0 Å². The molecule has 0 aromatic carbocycles. The first-order valence-electron chi connectivity index (χ1n) is 9.62. The van der Waals surface area contributed by atoms with Gasteiger partial charge in [-0.15, -0.1) is 0 Å². The summed E-state index contributed by atoms with van der Waals surface area (Å²) in [6.45, 7) is 4.34. The van der Waals surface area contributed by atoms with Crippen LogP contribution in [0, 0.1) is 0 Å². The van der Waals surface area contributed by atoms with Crippen molar-refractivity contribution >= 4 is 34.4 Å². The first-order chi connectivity index (χ1) is 14.5. The lowest BCUT2D eigenvalue weighted by atomic mass is 10.1. The molecule has 1 saturated heterocycles. The van der Waals surface area contributed by atoms with Gasteiger partial charge in [-0.05, 0) is 25.0 Å². The van der Waals surface area contributed by atoms with Crippen molar-refractivity contribution in [2.75, 3.05) is 23.7 Å². The van der Waals surface area contributed by atoms with Gasteiger partial charge in [0.05, 0.1) is 17.3 Å². The number of hydrogen-bond acceptors (Lipinski definition) is 6. The van der Waals surface area contributed by atoms with Gasteiger partial charge in [-0.1, -0.05) is 6.58 Å². The SMILES string of the molecule is C=CC(=O)N1CCCC(Nc2nc(Nc3cnn(CC(F)F)c3)nc3[nH]ccc23)C1. The molecule has 1 unspecified atom stereocenters. The summed E-state index contributed by atoms with van der Waals surface area (Å²) in [5, 5.41) is 11.1. The van der Waals surface area contributed by atoms with Gasteiger partial charge in [0, 0.05) is 31.5 Å². The minimum atomic E-state index is -2.48. The van der Waals surface area contributed by atoms with Crippen LogP contribution in [0.4, 0.5) is 26.2 Å². The Hall–Kier alpha value is -3.50. The number of rotatable bonds is 7. The largest absolute Gasteiger partial charge is 0.365 e. The summed E-state index contributed by atoms with van der Waals surface area (Å²) in [4.78, 5) is 25.8. The van der Waals surface area contributed by atoms with Crippen molar-refractivity contribution < 1.29 is 13.6 Å². The third-order valence-corrected chi connectivity index (χ3v) is 4.88. The number of H-pyrrole nitrogens is 1. The highest BCUT2D eigenvalue weighted by Crippen LogP contribution is 2.25. The highest BCUT2D eigenvalue weighted by Gasteiger charge is 2.23. The molecular formula is C19H22F2N8O. The molecule has 0 aliphatic carbocycles. The summed E-state index contributed by atoms with van der Waals surface area (Å²) in [5.41, 5.74) is 1.14. The lowest BCUT2D eigenvalue weighted by molar-refractivity contribution is -0.127. The monoisotopic (exact) mass is 416 g/mol. The molecule has 3 N–H and O–H groups in total. The number of aromatic amines is 1. The predicted molar refractivity (Wildman–Crippen MR) is 109 cm³/mol. The highest BCUT2D eigenvalue weighted by atomic mass is 19.3. The molecule has 1 aliphatic heterocycles. The maximum absolute atomic E-state index is 12.5. The van der Waals surface area contributed by atoms with Crippen LogP contribution in [0.25, 0.3) is 11.0 Å². The number of anilines is 3. The molecule has 1 amide bonds. The Morgan fingerprint density at radius 3 is 3.10 bits per heavy atom. The number of nitrogens with one attached hydrogen (secondary N) is 3. The quantitative estimate of drug-likeness (QED) is 0.512. The summed E-state index contributed by atoms with van der Waals surface area (Å²) >= 11 is 0. The Kier molecular flexibility index (Phi) is 5.59. The number of alkyl halides is 2. The number of aromatic nitrogens is 5. The van der Waals surface area contributed by atoms with Gasteiger partial charge in [0.25, 0.3) is 6.43 Å². The van der Waals surface area contributed by atoms with E-state index in [9.17, 15) is 13.6 Å². The third-order valence-electron chi connectivity index (χ3n) is 4.88. The number of carbonyl (C=O) groups is 1. The fraction of sp³-hybridized carbons (Fsp3) is 0.368. The van der Waals surface area contributed by atoms with Crippen LogP contribution in [-0.4, -0.2) is 61.1 Å². The summed E-state index contributed by atoms with van der Waals surface area (Å²) < 4.78 is 26.2. The van der Waals surface area contributed by atoms with Crippen LogP contribution in [-0.2, 0) is 11.3 Å². The topological polar surface area (TPSA) is 104 Å². The first kappa shape index (κ1) is 19.8. The molecule has 0 radical (unpaired) electrons. The number of halogens is 2. The summed E-state index contributed by atoms with van der Waals surface area (Å²) in [5.74, 6) is 0.847. The fourth-order valence-corrected chi connectivity index (χ4v) is 3.52. The standard InChI is InChI=1S/C19H22F2N8O/c1-2-16(30)28-7-3-4-12(9-28)24-18-14-5-6-22-17(14)26-19(27-18)25-13-8-23-29(10-13)11-15(20)21/h2,5-6,8,10,12,15H,1,3-4,7,9,11H2,(H3,22,24,25,26,27). The van der Waals surface area contributed by atoms with E-state index in [0.29, 0.717) is 36.2 Å². The second kappa shape index (κ2) is 8.47. The van der Waals surface area contributed by atoms with Crippen LogP contribution in [0.5, 0.6) is 0 Å². The van der Waals surface area contributed by atoms with E-state index in [1.807, 2.05) is 6.07 Å². The van der Waals surface area contributed by atoms with Crippen molar-refractivity contribution in [1.82, 2.24) is 29.6 Å². The molecule has 4 heterocycles. The van der Waals surface area contributed by atoms with Crippen LogP contribution < -0.4 is 10.6 Å². The van der Waals surface area contributed by atoms with E-state index >= 15 is 0 Å². The van der Waals surface area contributed by atoms with Gasteiger partial charge in [0.1, 0.15) is 18.0 Å². The van der Waals surface area contributed by atoms with Gasteiger partial charge in [-0.25, -0.2) is 8.78 Å². The summed E-state index contributed by atoms with van der Waals surface area (Å²) in [7, 11) is 0. The molecule has 11 heteroatoms. The minimum absolute atomic E-state index is 0.0392. The maximum Gasteiger partial charge on any atom is 0.257 e. The molecular weight excluding hydrogens is 394 g/mol. The third kappa shape index (κ3) is 4.39. The predicted octanol–water partition coefficient (Wildman–Crippen LogP) is 2.75. The molecule has 1 atom stereocenters. The number of carbonyl (C=O) groups excluding carboxylic acids is 1. The molecule has 4 rings (SSSR count). The second-order valence-corrected chi connectivity index (χ2v) is 7.07. The Morgan fingerprint density at radius 2 is 2.30 bits per heavy atom. The van der Waals surface area contributed by atoms with Crippen molar-refractivity contribution in [3.8, 4) is 0 Å². The Labute approximate surface area is 171 Å². The second-order valence-electron chi connectivity index (χ2n) is 7.07. The van der Waals surface area contributed by atoms with E-state index in [2.05, 4.69) is 37.3 Å². The van der Waals surface area contributed by atoms with E-state index < -0.39 is 13.0 Å². The van der Waals surface area contributed by atoms with Crippen molar-refractivity contribution in [3.05, 3.63) is 37.3 Å². The Balaban J connectivity index is 1.53. The lowest BCUT2D eigenvalue weighted by Gasteiger charge is -2.33. The van der Waals surface area contributed by atoms with E-state index in [1.165, 1.54) is 18.5 Å². The van der Waals surface area contributed by atoms with Crippen molar-refractivity contribution in [2.24, 2.45) is 0 Å². The van der Waals surface area contributed by atoms with Gasteiger partial charge in [0.15, 0.2) is 0 Å². The normalized spacial score (nSPS) is 16.8. The zero-order valence-electron chi connectivity index (χ0n) is 16.2. The van der Waals surface area contributed by atoms with E-state index in [-0.39, 0.29) is 11.9 Å². The molecule has 1 fully saturated rings. The number of amides is 1. The molecule has 0 spiro atoms. The van der Waals surface area contributed by atoms with Gasteiger partial charge in [-0.2, -0.15) is 15.1 Å². The van der Waals surface area contributed by atoms with Crippen molar-refractivity contribution in [3.63, 3.8) is 0 Å². The van der Waals surface area contributed by atoms with Crippen molar-refractivity contribution in [2.45, 2.75) is 31.9 Å². The fourth-order valence-electron chi connectivity index (χ4n) is 3.52. The average molecular weight is 416 g/mol. The molecule has 3 aromatic rings. The number of nitrogens with zero attached hydrogens (tertiary/aromatic N) is 5. The van der Waals surface area contributed by atoms with Gasteiger partial charge >= 0.3 is 0 Å². The zero-order chi connectivity index (χ0) is 21.1. The minimum Gasteiger partial charge on any atom is -0.365 e. The Bertz CT molecular complexity index is 1050. The number of piperidine rings is 1. The van der Waals surface area contributed by atoms with Crippen LogP contribution in [0.3, 0.4) is 0 Å². The smallest absolute Gasteiger partial charge is 0.257 e. The molecule has 0 bridgehead atoms. The van der Waals surface area contributed by atoms with Gasteiger partial charge in [-0.3, -0.25) is 9.48 Å². The van der Waals surface area contributed by atoms with Crippen LogP contribution >= 0.6 is 0 Å². The summed E-state index contributed by atoms with van der Waals surface area (Å²) in [6, 6.07) is 1.91. The van der Waals surface area contributed by atoms with Gasteiger partial charge in [0.2, 0.25) is 11.9 Å². The van der Waals surface area contributed by atoms with Crippen molar-refractivity contribution in [1.29, 1.82) is 0 Å². The molecule has 9 nitrogen and oxygen atoms in total. The number of likely N-dealkylation sites (tertiary alicyclic amines) is 1. The van der Waals surface area contributed by atoms with Crippen LogP contribution in [0.1, 0.15) is 12.8 Å². The van der Waals surface area contributed by atoms with Crippen LogP contribution in [0.15, 0.2) is 37.3 Å². The number of fused-ring (bicyclic) bond motifs is 1. The van der Waals surface area contributed by atoms with E-state index in [0.717, 1.165) is 22.9 Å². The highest BCUT2D eigenvalue weighted by molar-refractivity contribution is 5.89.